The fraction of sp³-hybridized carbons (Fsp3) is 0.458. The Hall–Kier alpha value is -2.89. The maximum Gasteiger partial charge on any atom is 0.306 e. The van der Waals surface area contributed by atoms with Gasteiger partial charge in [0.05, 0.1) is 6.61 Å². The van der Waals surface area contributed by atoms with E-state index in [2.05, 4.69) is 17.1 Å². The summed E-state index contributed by atoms with van der Waals surface area (Å²) in [4.78, 5) is 13.6. The van der Waals surface area contributed by atoms with Crippen molar-refractivity contribution in [1.82, 2.24) is 15.0 Å². The summed E-state index contributed by atoms with van der Waals surface area (Å²) in [6.07, 6.45) is 3.89. The number of aromatic nitrogens is 3. The molecule has 3 aromatic rings. The number of benzene rings is 2. The largest absolute Gasteiger partial charge is 0.505 e. The van der Waals surface area contributed by atoms with E-state index in [1.54, 1.807) is 0 Å². The van der Waals surface area contributed by atoms with Gasteiger partial charge in [0, 0.05) is 12.0 Å². The van der Waals surface area contributed by atoms with Gasteiger partial charge >= 0.3 is 5.97 Å². The molecule has 2 aromatic carbocycles. The normalized spacial score (nSPS) is 11.7. The van der Waals surface area contributed by atoms with E-state index in [4.69, 9.17) is 4.74 Å². The lowest BCUT2D eigenvalue weighted by molar-refractivity contribution is -0.143. The minimum absolute atomic E-state index is 0.161. The third-order valence-corrected chi connectivity index (χ3v) is 5.09. The van der Waals surface area contributed by atoms with Gasteiger partial charge in [-0.15, -0.1) is 15.0 Å². The molecule has 0 saturated heterocycles. The molecule has 3 rings (SSSR count). The summed E-state index contributed by atoms with van der Waals surface area (Å²) >= 11 is 0. The lowest BCUT2D eigenvalue weighted by Crippen LogP contribution is -2.14. The zero-order valence-corrected chi connectivity index (χ0v) is 18.3. The highest BCUT2D eigenvalue weighted by Crippen LogP contribution is 2.36. The Kier molecular flexibility index (Phi) is 6.75. The van der Waals surface area contributed by atoms with Crippen molar-refractivity contribution in [2.45, 2.75) is 65.2 Å². The lowest BCUT2D eigenvalue weighted by Gasteiger charge is -2.23. The van der Waals surface area contributed by atoms with Crippen molar-refractivity contribution in [1.29, 1.82) is 0 Å². The van der Waals surface area contributed by atoms with Crippen LogP contribution < -0.4 is 0 Å². The van der Waals surface area contributed by atoms with Crippen LogP contribution in [0.1, 0.15) is 64.5 Å². The molecule has 160 valence electrons. The number of aromatic hydroxyl groups is 1. The molecule has 1 aromatic heterocycles. The second-order valence-corrected chi connectivity index (χ2v) is 8.67. The molecule has 30 heavy (non-hydrogen) atoms. The number of carbonyl (C=O) groups is 1. The van der Waals surface area contributed by atoms with Crippen LogP contribution in [0.2, 0.25) is 0 Å². The van der Waals surface area contributed by atoms with Gasteiger partial charge in [0.15, 0.2) is 0 Å². The first-order valence-electron chi connectivity index (χ1n) is 10.6. The molecular weight excluding hydrogens is 378 g/mol. The van der Waals surface area contributed by atoms with E-state index in [-0.39, 0.29) is 17.1 Å². The molecule has 0 atom stereocenters. The predicted octanol–water partition coefficient (Wildman–Crippen LogP) is 5.09. The maximum atomic E-state index is 12.1. The van der Waals surface area contributed by atoms with Crippen molar-refractivity contribution in [2.24, 2.45) is 0 Å². The average molecular weight is 410 g/mol. The summed E-state index contributed by atoms with van der Waals surface area (Å²) in [5.74, 6) is -0.0327. The topological polar surface area (TPSA) is 77.2 Å². The van der Waals surface area contributed by atoms with Gasteiger partial charge in [0.1, 0.15) is 22.5 Å². The number of ether oxygens (including phenoxy) is 1. The summed E-state index contributed by atoms with van der Waals surface area (Å²) in [5, 5.41) is 20.0. The summed E-state index contributed by atoms with van der Waals surface area (Å²) in [5.41, 5.74) is 3.50. The Labute approximate surface area is 177 Å². The van der Waals surface area contributed by atoms with Gasteiger partial charge in [0.25, 0.3) is 0 Å². The molecule has 0 radical (unpaired) electrons. The van der Waals surface area contributed by atoms with E-state index in [0.29, 0.717) is 25.1 Å². The minimum Gasteiger partial charge on any atom is -0.505 e. The Balaban J connectivity index is 1.87. The standard InChI is InChI=1S/C24H31N3O3/c1-5-6-9-14-30-22(28)13-12-17-15-18(24(2,3)4)23(29)21(16-17)27-25-19-10-7-8-11-20(19)26-27/h7-8,10-11,15-16,29H,5-6,9,12-14H2,1-4H3. The molecule has 0 bridgehead atoms. The van der Waals surface area contributed by atoms with Gasteiger partial charge in [-0.05, 0) is 42.0 Å². The van der Waals surface area contributed by atoms with Gasteiger partial charge in [0.2, 0.25) is 0 Å². The van der Waals surface area contributed by atoms with Crippen LogP contribution >= 0.6 is 0 Å². The van der Waals surface area contributed by atoms with Gasteiger partial charge in [-0.1, -0.05) is 58.7 Å². The first kappa shape index (κ1) is 21.8. The van der Waals surface area contributed by atoms with Crippen LogP contribution in [0.25, 0.3) is 16.7 Å². The van der Waals surface area contributed by atoms with E-state index in [0.717, 1.165) is 41.4 Å². The summed E-state index contributed by atoms with van der Waals surface area (Å²) in [7, 11) is 0. The molecule has 0 fully saturated rings. The molecule has 0 aliphatic carbocycles. The van der Waals surface area contributed by atoms with Gasteiger partial charge in [-0.25, -0.2) is 0 Å². The van der Waals surface area contributed by atoms with Crippen LogP contribution in [0, 0.1) is 0 Å². The number of esters is 1. The highest BCUT2D eigenvalue weighted by atomic mass is 16.5. The zero-order chi connectivity index (χ0) is 21.7. The zero-order valence-electron chi connectivity index (χ0n) is 18.3. The van der Waals surface area contributed by atoms with Crippen molar-refractivity contribution in [3.63, 3.8) is 0 Å². The predicted molar refractivity (Wildman–Crippen MR) is 118 cm³/mol. The van der Waals surface area contributed by atoms with Gasteiger partial charge in [-0.3, -0.25) is 4.79 Å². The van der Waals surface area contributed by atoms with Crippen LogP contribution in [0.5, 0.6) is 5.75 Å². The molecule has 0 aliphatic rings. The molecule has 6 heteroatoms. The van der Waals surface area contributed by atoms with Gasteiger partial charge < -0.3 is 9.84 Å². The van der Waals surface area contributed by atoms with Crippen molar-refractivity contribution >= 4 is 17.0 Å². The number of carbonyl (C=O) groups excluding carboxylic acids is 1. The minimum atomic E-state index is -0.276. The third-order valence-electron chi connectivity index (χ3n) is 5.09. The molecule has 1 N–H and O–H groups in total. The number of hydrogen-bond acceptors (Lipinski definition) is 5. The van der Waals surface area contributed by atoms with Crippen molar-refractivity contribution in [2.75, 3.05) is 6.61 Å². The second-order valence-electron chi connectivity index (χ2n) is 8.67. The highest BCUT2D eigenvalue weighted by molar-refractivity contribution is 5.74. The molecule has 6 nitrogen and oxygen atoms in total. The number of phenolic OH excluding ortho intramolecular Hbond substituents is 1. The molecule has 0 unspecified atom stereocenters. The van der Waals surface area contributed by atoms with Crippen LogP contribution in [-0.4, -0.2) is 32.7 Å². The quantitative estimate of drug-likeness (QED) is 0.414. The van der Waals surface area contributed by atoms with E-state index in [1.165, 1.54) is 4.80 Å². The van der Waals surface area contributed by atoms with E-state index in [9.17, 15) is 9.90 Å². The Morgan fingerprint density at radius 2 is 1.77 bits per heavy atom. The molecule has 0 aliphatic heterocycles. The highest BCUT2D eigenvalue weighted by Gasteiger charge is 2.23. The molecule has 0 saturated carbocycles. The van der Waals surface area contributed by atoms with Crippen molar-refractivity contribution in [3.8, 4) is 11.4 Å². The van der Waals surface area contributed by atoms with Crippen molar-refractivity contribution in [3.05, 3.63) is 47.5 Å². The monoisotopic (exact) mass is 409 g/mol. The van der Waals surface area contributed by atoms with Gasteiger partial charge in [-0.2, -0.15) is 0 Å². The molecule has 0 amide bonds. The van der Waals surface area contributed by atoms with Crippen LogP contribution in [0.4, 0.5) is 0 Å². The average Bonchev–Trinajstić information content (AvgIpc) is 3.13. The SMILES string of the molecule is CCCCCOC(=O)CCc1cc(-n2nc3ccccc3n2)c(O)c(C(C)(C)C)c1. The molecular formula is C24H31N3O3. The van der Waals surface area contributed by atoms with Crippen LogP contribution in [0.15, 0.2) is 36.4 Å². The Bertz CT molecular complexity index is 985. The fourth-order valence-corrected chi connectivity index (χ4v) is 3.37. The van der Waals surface area contributed by atoms with Crippen LogP contribution in [0.3, 0.4) is 0 Å². The second kappa shape index (κ2) is 9.28. The number of phenols is 1. The van der Waals surface area contributed by atoms with Crippen molar-refractivity contribution < 1.29 is 14.6 Å². The summed E-state index contributed by atoms with van der Waals surface area (Å²) in [6, 6.07) is 11.4. The maximum absolute atomic E-state index is 12.1. The van der Waals surface area contributed by atoms with E-state index < -0.39 is 0 Å². The number of aryl methyl sites for hydroxylation is 1. The smallest absolute Gasteiger partial charge is 0.306 e. The number of rotatable bonds is 8. The Morgan fingerprint density at radius 1 is 1.10 bits per heavy atom. The number of nitrogens with zero attached hydrogens (tertiary/aromatic N) is 3. The summed E-state index contributed by atoms with van der Waals surface area (Å²) < 4.78 is 5.32. The number of unbranched alkanes of at least 4 members (excludes halogenated alkanes) is 2. The first-order chi connectivity index (χ1) is 14.3. The third kappa shape index (κ3) is 5.17. The first-order valence-corrected chi connectivity index (χ1v) is 10.6. The van der Waals surface area contributed by atoms with E-state index >= 15 is 0 Å². The lowest BCUT2D eigenvalue weighted by atomic mass is 9.84. The molecule has 1 heterocycles. The fourth-order valence-electron chi connectivity index (χ4n) is 3.37. The van der Waals surface area contributed by atoms with Crippen LogP contribution in [-0.2, 0) is 21.4 Å². The summed E-state index contributed by atoms with van der Waals surface area (Å²) in [6.45, 7) is 8.74. The Morgan fingerprint density at radius 3 is 2.37 bits per heavy atom. The molecule has 0 spiro atoms. The number of fused-ring (bicyclic) bond motifs is 1. The van der Waals surface area contributed by atoms with E-state index in [1.807, 2.05) is 57.2 Å². The number of hydrogen-bond donors (Lipinski definition) is 1.